The highest BCUT2D eigenvalue weighted by atomic mass is 79.9. The Morgan fingerprint density at radius 1 is 1.15 bits per heavy atom. The lowest BCUT2D eigenvalue weighted by atomic mass is 10.2. The minimum atomic E-state index is -0.0626. The summed E-state index contributed by atoms with van der Waals surface area (Å²) in [6.45, 7) is 5.73. The summed E-state index contributed by atoms with van der Waals surface area (Å²) in [5, 5.41) is 0.0221. The maximum absolute atomic E-state index is 5.83. The molecule has 0 fully saturated rings. The van der Waals surface area contributed by atoms with Gasteiger partial charge in [0.2, 0.25) is 5.28 Å². The Hall–Kier alpha value is -1.40. The monoisotopic (exact) mass is 357 g/mol. The zero-order valence-corrected chi connectivity index (χ0v) is 13.6. The fourth-order valence-electron chi connectivity index (χ4n) is 1.41. The van der Waals surface area contributed by atoms with E-state index in [0.717, 1.165) is 10.0 Å². The van der Waals surface area contributed by atoms with E-state index in [-0.39, 0.29) is 23.4 Å². The van der Waals surface area contributed by atoms with Crippen LogP contribution in [0.1, 0.15) is 19.4 Å². The molecule has 0 atom stereocenters. The molecule has 0 unspecified atom stereocenters. The fourth-order valence-corrected chi connectivity index (χ4v) is 2.13. The number of halogens is 2. The number of hydrogen-bond donors (Lipinski definition) is 0. The summed E-state index contributed by atoms with van der Waals surface area (Å²) >= 11 is 9.25. The predicted molar refractivity (Wildman–Crippen MR) is 79.6 cm³/mol. The molecule has 0 radical (unpaired) electrons. The van der Waals surface area contributed by atoms with Gasteiger partial charge in [-0.25, -0.2) is 0 Å². The summed E-state index contributed by atoms with van der Waals surface area (Å²) in [5.74, 6) is 0.591. The lowest BCUT2D eigenvalue weighted by Gasteiger charge is -2.10. The lowest BCUT2D eigenvalue weighted by Crippen LogP contribution is -2.09. The van der Waals surface area contributed by atoms with Crippen LogP contribution in [0, 0.1) is 6.92 Å². The molecular weight excluding hydrogens is 346 g/mol. The van der Waals surface area contributed by atoms with E-state index in [4.69, 9.17) is 21.1 Å². The van der Waals surface area contributed by atoms with Gasteiger partial charge in [0.05, 0.1) is 10.6 Å². The Labute approximate surface area is 130 Å². The summed E-state index contributed by atoms with van der Waals surface area (Å²) in [6, 6.07) is 5.90. The molecule has 0 spiro atoms. The van der Waals surface area contributed by atoms with Crippen molar-refractivity contribution < 1.29 is 9.47 Å². The van der Waals surface area contributed by atoms with Gasteiger partial charge in [-0.05, 0) is 66.0 Å². The number of benzene rings is 1. The van der Waals surface area contributed by atoms with Gasteiger partial charge in [0.15, 0.2) is 0 Å². The first-order valence-corrected chi connectivity index (χ1v) is 7.13. The van der Waals surface area contributed by atoms with Crippen LogP contribution in [0.2, 0.25) is 5.28 Å². The van der Waals surface area contributed by atoms with E-state index in [1.165, 1.54) is 0 Å². The first-order valence-electron chi connectivity index (χ1n) is 5.96. The maximum Gasteiger partial charge on any atom is 0.329 e. The SMILES string of the molecule is Cc1ccc(Oc2nc(Cl)nc(OC(C)C)n2)c(Br)c1. The standard InChI is InChI=1S/C13H13BrClN3O2/c1-7(2)19-12-16-11(15)17-13(18-12)20-10-5-4-8(3)6-9(10)14/h4-7H,1-3H3. The van der Waals surface area contributed by atoms with Gasteiger partial charge >= 0.3 is 12.0 Å². The summed E-state index contributed by atoms with van der Waals surface area (Å²) in [5.41, 5.74) is 1.11. The van der Waals surface area contributed by atoms with Crippen molar-refractivity contribution in [3.05, 3.63) is 33.5 Å². The number of rotatable bonds is 4. The topological polar surface area (TPSA) is 57.1 Å². The smallest absolute Gasteiger partial charge is 0.329 e. The molecule has 0 bridgehead atoms. The highest BCUT2D eigenvalue weighted by Gasteiger charge is 2.11. The van der Waals surface area contributed by atoms with Gasteiger partial charge in [-0.2, -0.15) is 9.97 Å². The molecule has 2 rings (SSSR count). The third-order valence-corrected chi connectivity index (χ3v) is 2.99. The van der Waals surface area contributed by atoms with Crippen molar-refractivity contribution in [2.45, 2.75) is 26.9 Å². The Balaban J connectivity index is 2.26. The van der Waals surface area contributed by atoms with Crippen molar-refractivity contribution in [2.24, 2.45) is 0 Å². The van der Waals surface area contributed by atoms with Crippen LogP contribution in [0.15, 0.2) is 22.7 Å². The zero-order chi connectivity index (χ0) is 14.7. The van der Waals surface area contributed by atoms with Crippen molar-refractivity contribution in [2.75, 3.05) is 0 Å². The number of nitrogens with zero attached hydrogens (tertiary/aromatic N) is 3. The van der Waals surface area contributed by atoms with Gasteiger partial charge in [-0.15, -0.1) is 4.98 Å². The number of ether oxygens (including phenoxy) is 2. The van der Waals surface area contributed by atoms with E-state index in [9.17, 15) is 0 Å². The third kappa shape index (κ3) is 4.05. The minimum absolute atomic E-state index is 0.0221. The first kappa shape index (κ1) is 15.0. The molecule has 7 heteroatoms. The molecular formula is C13H13BrClN3O2. The Morgan fingerprint density at radius 2 is 1.85 bits per heavy atom. The third-order valence-electron chi connectivity index (χ3n) is 2.20. The molecule has 0 saturated heterocycles. The number of aromatic nitrogens is 3. The van der Waals surface area contributed by atoms with E-state index in [0.29, 0.717) is 5.75 Å². The molecule has 0 amide bonds. The van der Waals surface area contributed by atoms with Crippen LogP contribution in [-0.4, -0.2) is 21.1 Å². The molecule has 20 heavy (non-hydrogen) atoms. The number of aryl methyl sites for hydroxylation is 1. The normalized spacial score (nSPS) is 10.7. The molecule has 0 saturated carbocycles. The molecule has 0 aliphatic rings. The summed E-state index contributed by atoms with van der Waals surface area (Å²) in [4.78, 5) is 11.9. The minimum Gasteiger partial charge on any atom is -0.461 e. The molecule has 106 valence electrons. The van der Waals surface area contributed by atoms with Gasteiger partial charge in [0.1, 0.15) is 5.75 Å². The molecule has 0 aliphatic carbocycles. The molecule has 0 N–H and O–H groups in total. The van der Waals surface area contributed by atoms with E-state index >= 15 is 0 Å². The quantitative estimate of drug-likeness (QED) is 0.821. The van der Waals surface area contributed by atoms with E-state index < -0.39 is 0 Å². The predicted octanol–water partition coefficient (Wildman–Crippen LogP) is 4.18. The van der Waals surface area contributed by atoms with Crippen molar-refractivity contribution in [1.82, 2.24) is 15.0 Å². The molecule has 5 nitrogen and oxygen atoms in total. The summed E-state index contributed by atoms with van der Waals surface area (Å²) in [7, 11) is 0. The van der Waals surface area contributed by atoms with Crippen LogP contribution >= 0.6 is 27.5 Å². The van der Waals surface area contributed by atoms with Gasteiger partial charge in [0, 0.05) is 0 Å². The summed E-state index contributed by atoms with van der Waals surface area (Å²) < 4.78 is 11.8. The second-order valence-electron chi connectivity index (χ2n) is 4.37. The van der Waals surface area contributed by atoms with Crippen molar-refractivity contribution >= 4 is 27.5 Å². The van der Waals surface area contributed by atoms with Crippen LogP contribution in [0.3, 0.4) is 0 Å². The number of hydrogen-bond acceptors (Lipinski definition) is 5. The van der Waals surface area contributed by atoms with E-state index in [1.54, 1.807) is 0 Å². The maximum atomic E-state index is 5.83. The average molecular weight is 359 g/mol. The van der Waals surface area contributed by atoms with Crippen LogP contribution in [0.4, 0.5) is 0 Å². The van der Waals surface area contributed by atoms with Gasteiger partial charge in [-0.1, -0.05) is 6.07 Å². The van der Waals surface area contributed by atoms with E-state index in [1.807, 2.05) is 39.0 Å². The fraction of sp³-hybridized carbons (Fsp3) is 0.308. The first-order chi connectivity index (χ1) is 9.44. The molecule has 2 aromatic rings. The van der Waals surface area contributed by atoms with Crippen LogP contribution in [-0.2, 0) is 0 Å². The lowest BCUT2D eigenvalue weighted by molar-refractivity contribution is 0.218. The Bertz CT molecular complexity index is 623. The average Bonchev–Trinajstić information content (AvgIpc) is 2.31. The van der Waals surface area contributed by atoms with E-state index in [2.05, 4.69) is 30.9 Å². The Kier molecular flexibility index (Phi) is 4.77. The molecule has 0 aliphatic heterocycles. The largest absolute Gasteiger partial charge is 0.461 e. The van der Waals surface area contributed by atoms with Crippen LogP contribution < -0.4 is 9.47 Å². The molecule has 1 heterocycles. The van der Waals surface area contributed by atoms with Crippen LogP contribution in [0.25, 0.3) is 0 Å². The van der Waals surface area contributed by atoms with Crippen molar-refractivity contribution in [3.63, 3.8) is 0 Å². The van der Waals surface area contributed by atoms with Gasteiger partial charge < -0.3 is 9.47 Å². The zero-order valence-electron chi connectivity index (χ0n) is 11.2. The summed E-state index contributed by atoms with van der Waals surface area (Å²) in [6.07, 6.45) is -0.0626. The van der Waals surface area contributed by atoms with Crippen LogP contribution in [0.5, 0.6) is 17.8 Å². The van der Waals surface area contributed by atoms with Gasteiger partial charge in [-0.3, -0.25) is 0 Å². The second-order valence-corrected chi connectivity index (χ2v) is 5.56. The van der Waals surface area contributed by atoms with Crippen molar-refractivity contribution in [1.29, 1.82) is 0 Å². The second kappa shape index (κ2) is 6.37. The molecule has 1 aromatic carbocycles. The van der Waals surface area contributed by atoms with Gasteiger partial charge in [0.25, 0.3) is 0 Å². The Morgan fingerprint density at radius 3 is 2.50 bits per heavy atom. The van der Waals surface area contributed by atoms with Crippen molar-refractivity contribution in [3.8, 4) is 17.8 Å². The molecule has 1 aromatic heterocycles. The highest BCUT2D eigenvalue weighted by molar-refractivity contribution is 9.10. The highest BCUT2D eigenvalue weighted by Crippen LogP contribution is 2.29.